The molecule has 1 N–H and O–H groups in total. The Morgan fingerprint density at radius 1 is 1.50 bits per heavy atom. The Morgan fingerprint density at radius 3 is 2.95 bits per heavy atom. The molecule has 20 heavy (non-hydrogen) atoms. The molecule has 0 amide bonds. The van der Waals surface area contributed by atoms with Crippen molar-refractivity contribution in [3.8, 4) is 5.75 Å². The van der Waals surface area contributed by atoms with Crippen LogP contribution in [-0.4, -0.2) is 35.8 Å². The summed E-state index contributed by atoms with van der Waals surface area (Å²) in [5.41, 5.74) is 0.762. The highest BCUT2D eigenvalue weighted by atomic mass is 16.6. The van der Waals surface area contributed by atoms with E-state index >= 15 is 0 Å². The zero-order valence-corrected chi connectivity index (χ0v) is 11.6. The summed E-state index contributed by atoms with van der Waals surface area (Å²) in [4.78, 5) is 12.6. The van der Waals surface area contributed by atoms with Gasteiger partial charge in [0.2, 0.25) is 0 Å². The molecule has 1 saturated heterocycles. The number of hydrogen-bond acceptors (Lipinski definition) is 5. The van der Waals surface area contributed by atoms with E-state index in [4.69, 9.17) is 4.74 Å². The van der Waals surface area contributed by atoms with E-state index in [0.29, 0.717) is 18.9 Å². The Labute approximate surface area is 118 Å². The molecule has 1 atom stereocenters. The van der Waals surface area contributed by atoms with Gasteiger partial charge in [-0.1, -0.05) is 6.92 Å². The normalized spacial score (nSPS) is 18.9. The minimum absolute atomic E-state index is 0.0219. The van der Waals surface area contributed by atoms with Crippen molar-refractivity contribution in [1.29, 1.82) is 0 Å². The quantitative estimate of drug-likeness (QED) is 0.662. The average molecular weight is 280 g/mol. The van der Waals surface area contributed by atoms with Crippen molar-refractivity contribution >= 4 is 11.4 Å². The smallest absolute Gasteiger partial charge is 0.275 e. The molecule has 0 unspecified atom stereocenters. The maximum atomic E-state index is 11.0. The van der Waals surface area contributed by atoms with Crippen molar-refractivity contribution in [2.24, 2.45) is 0 Å². The van der Waals surface area contributed by atoms with Crippen molar-refractivity contribution in [3.05, 3.63) is 28.3 Å². The van der Waals surface area contributed by atoms with Crippen molar-refractivity contribution < 1.29 is 14.8 Å². The van der Waals surface area contributed by atoms with Crippen LogP contribution in [0.4, 0.5) is 11.4 Å². The summed E-state index contributed by atoms with van der Waals surface area (Å²) in [6, 6.07) is 4.79. The summed E-state index contributed by atoms with van der Waals surface area (Å²) in [6.45, 7) is 3.82. The number of nitro benzene ring substituents is 1. The second-order valence-corrected chi connectivity index (χ2v) is 5.03. The standard InChI is InChI=1S/C14H20N2O4/c1-2-6-20-14-8-11(7-12(9-14)16(18)19)15-5-3-4-13(17)10-15/h7-9,13,17H,2-6,10H2,1H3/t13-/m0/s1. The van der Waals surface area contributed by atoms with Gasteiger partial charge in [-0.2, -0.15) is 0 Å². The van der Waals surface area contributed by atoms with Gasteiger partial charge in [0.1, 0.15) is 5.75 Å². The van der Waals surface area contributed by atoms with Crippen LogP contribution in [0.5, 0.6) is 5.75 Å². The van der Waals surface area contributed by atoms with Crippen LogP contribution in [0.25, 0.3) is 0 Å². The van der Waals surface area contributed by atoms with Gasteiger partial charge in [-0.25, -0.2) is 0 Å². The van der Waals surface area contributed by atoms with Crippen LogP contribution in [-0.2, 0) is 0 Å². The zero-order valence-electron chi connectivity index (χ0n) is 11.6. The first-order valence-corrected chi connectivity index (χ1v) is 6.95. The van der Waals surface area contributed by atoms with Crippen molar-refractivity contribution in [3.63, 3.8) is 0 Å². The van der Waals surface area contributed by atoms with E-state index in [1.807, 2.05) is 11.8 Å². The minimum Gasteiger partial charge on any atom is -0.493 e. The number of β-amino-alcohol motifs (C(OH)–C–C–N with tert-alkyl or cyclic N) is 1. The maximum Gasteiger partial charge on any atom is 0.275 e. The lowest BCUT2D eigenvalue weighted by Gasteiger charge is -2.32. The molecule has 2 rings (SSSR count). The van der Waals surface area contributed by atoms with Gasteiger partial charge in [-0.05, 0) is 19.3 Å². The molecule has 6 nitrogen and oxygen atoms in total. The molecule has 0 bridgehead atoms. The number of aliphatic hydroxyl groups is 1. The lowest BCUT2D eigenvalue weighted by atomic mass is 10.1. The minimum atomic E-state index is -0.414. The third kappa shape index (κ3) is 3.60. The maximum absolute atomic E-state index is 11.0. The first-order valence-electron chi connectivity index (χ1n) is 6.95. The number of nitro groups is 1. The number of rotatable bonds is 5. The molecular weight excluding hydrogens is 260 g/mol. The van der Waals surface area contributed by atoms with E-state index in [2.05, 4.69) is 0 Å². The van der Waals surface area contributed by atoms with Gasteiger partial charge in [0, 0.05) is 30.9 Å². The van der Waals surface area contributed by atoms with Crippen LogP contribution in [0.15, 0.2) is 18.2 Å². The number of hydrogen-bond donors (Lipinski definition) is 1. The number of benzene rings is 1. The van der Waals surface area contributed by atoms with Gasteiger partial charge in [0.05, 0.1) is 23.7 Å². The van der Waals surface area contributed by atoms with Crippen LogP contribution in [0.2, 0.25) is 0 Å². The number of aliphatic hydroxyl groups excluding tert-OH is 1. The monoisotopic (exact) mass is 280 g/mol. The summed E-state index contributed by atoms with van der Waals surface area (Å²) in [5.74, 6) is 0.510. The first kappa shape index (κ1) is 14.6. The zero-order chi connectivity index (χ0) is 14.5. The molecule has 0 aliphatic carbocycles. The highest BCUT2D eigenvalue weighted by Crippen LogP contribution is 2.30. The van der Waals surface area contributed by atoms with Crippen molar-refractivity contribution in [2.45, 2.75) is 32.3 Å². The number of piperidine rings is 1. The fourth-order valence-electron chi connectivity index (χ4n) is 2.35. The average Bonchev–Trinajstić information content (AvgIpc) is 2.44. The van der Waals surface area contributed by atoms with Gasteiger partial charge < -0.3 is 14.7 Å². The molecular formula is C14H20N2O4. The summed E-state index contributed by atoms with van der Waals surface area (Å²) < 4.78 is 5.51. The van der Waals surface area contributed by atoms with Gasteiger partial charge in [0.25, 0.3) is 5.69 Å². The fraction of sp³-hybridized carbons (Fsp3) is 0.571. The molecule has 1 fully saturated rings. The van der Waals surface area contributed by atoms with Gasteiger partial charge in [-0.15, -0.1) is 0 Å². The van der Waals surface area contributed by atoms with Crippen molar-refractivity contribution in [2.75, 3.05) is 24.6 Å². The van der Waals surface area contributed by atoms with Crippen LogP contribution in [0.3, 0.4) is 0 Å². The van der Waals surface area contributed by atoms with Crippen molar-refractivity contribution in [1.82, 2.24) is 0 Å². The molecule has 110 valence electrons. The molecule has 0 spiro atoms. The Balaban J connectivity index is 2.25. The van der Waals surface area contributed by atoms with Crippen LogP contribution in [0.1, 0.15) is 26.2 Å². The van der Waals surface area contributed by atoms with E-state index in [-0.39, 0.29) is 11.8 Å². The SMILES string of the molecule is CCCOc1cc(N2CCC[C@H](O)C2)cc([N+](=O)[O-])c1. The highest BCUT2D eigenvalue weighted by molar-refractivity contribution is 5.58. The second-order valence-electron chi connectivity index (χ2n) is 5.03. The summed E-state index contributed by atoms with van der Waals surface area (Å²) in [6.07, 6.45) is 2.14. The third-order valence-corrected chi connectivity index (χ3v) is 3.32. The Kier molecular flexibility index (Phi) is 4.79. The third-order valence-electron chi connectivity index (χ3n) is 3.32. The molecule has 1 aromatic carbocycles. The van der Waals surface area contributed by atoms with E-state index < -0.39 is 4.92 Å². The largest absolute Gasteiger partial charge is 0.493 e. The van der Waals surface area contributed by atoms with E-state index in [9.17, 15) is 15.2 Å². The summed E-state index contributed by atoms with van der Waals surface area (Å²) >= 11 is 0. The van der Waals surface area contributed by atoms with Gasteiger partial charge in [0.15, 0.2) is 0 Å². The number of non-ortho nitro benzene ring substituents is 1. The van der Waals surface area contributed by atoms with E-state index in [1.165, 1.54) is 12.1 Å². The second kappa shape index (κ2) is 6.56. The lowest BCUT2D eigenvalue weighted by molar-refractivity contribution is -0.384. The molecule has 1 aliphatic heterocycles. The Bertz CT molecular complexity index is 478. The lowest BCUT2D eigenvalue weighted by Crippen LogP contribution is -2.38. The summed E-state index contributed by atoms with van der Waals surface area (Å²) in [5, 5.41) is 20.7. The van der Waals surface area contributed by atoms with Gasteiger partial charge in [-0.3, -0.25) is 10.1 Å². The summed E-state index contributed by atoms with van der Waals surface area (Å²) in [7, 11) is 0. The molecule has 0 radical (unpaired) electrons. The predicted molar refractivity (Wildman–Crippen MR) is 76.3 cm³/mol. The van der Waals surface area contributed by atoms with Crippen LogP contribution >= 0.6 is 0 Å². The highest BCUT2D eigenvalue weighted by Gasteiger charge is 2.20. The molecule has 1 aromatic rings. The predicted octanol–water partition coefficient (Wildman–Crippen LogP) is 2.34. The molecule has 0 saturated carbocycles. The van der Waals surface area contributed by atoms with Gasteiger partial charge >= 0.3 is 0 Å². The molecule has 6 heteroatoms. The molecule has 1 aliphatic rings. The molecule has 1 heterocycles. The number of nitrogens with zero attached hydrogens (tertiary/aromatic N) is 2. The van der Waals surface area contributed by atoms with Crippen LogP contribution < -0.4 is 9.64 Å². The Morgan fingerprint density at radius 2 is 2.30 bits per heavy atom. The molecule has 0 aromatic heterocycles. The number of ether oxygens (including phenoxy) is 1. The topological polar surface area (TPSA) is 75.8 Å². The first-order chi connectivity index (χ1) is 9.60. The van der Waals surface area contributed by atoms with E-state index in [1.54, 1.807) is 6.07 Å². The Hall–Kier alpha value is -1.82. The van der Waals surface area contributed by atoms with Crippen LogP contribution in [0, 0.1) is 10.1 Å². The fourth-order valence-corrected chi connectivity index (χ4v) is 2.35. The number of anilines is 1. The van der Waals surface area contributed by atoms with E-state index in [0.717, 1.165) is 31.5 Å².